The van der Waals surface area contributed by atoms with Crippen molar-refractivity contribution in [3.05, 3.63) is 30.0 Å². The van der Waals surface area contributed by atoms with Gasteiger partial charge >= 0.3 is 5.97 Å². The third-order valence-corrected chi connectivity index (χ3v) is 4.47. The minimum Gasteiger partial charge on any atom is -0.463 e. The average Bonchev–Trinajstić information content (AvgIpc) is 3.19. The van der Waals surface area contributed by atoms with Crippen LogP contribution in [0.1, 0.15) is 29.8 Å². The van der Waals surface area contributed by atoms with Crippen molar-refractivity contribution in [3.63, 3.8) is 0 Å². The fourth-order valence-electron chi connectivity index (χ4n) is 3.22. The Hall–Kier alpha value is -2.34. The monoisotopic (exact) mass is 316 g/mol. The highest BCUT2D eigenvalue weighted by atomic mass is 16.5. The molecule has 0 unspecified atom stereocenters. The molecule has 6 nitrogen and oxygen atoms in total. The van der Waals surface area contributed by atoms with E-state index in [0.717, 1.165) is 24.6 Å². The van der Waals surface area contributed by atoms with E-state index >= 15 is 0 Å². The molecule has 1 amide bonds. The van der Waals surface area contributed by atoms with E-state index in [-0.39, 0.29) is 23.5 Å². The smallest absolute Gasteiger partial charge is 0.373 e. The van der Waals surface area contributed by atoms with Crippen molar-refractivity contribution < 1.29 is 18.7 Å². The fourth-order valence-corrected chi connectivity index (χ4v) is 3.22. The SMILES string of the molecule is COC(=O)c1cc2cc(NC(=O)[C@@H]3CCC[C@@H]3CN)ccc2o1. The van der Waals surface area contributed by atoms with Crippen LogP contribution in [0, 0.1) is 11.8 Å². The molecule has 2 atom stereocenters. The number of nitrogens with two attached hydrogens (primary N) is 1. The van der Waals surface area contributed by atoms with E-state index in [4.69, 9.17) is 10.2 Å². The average molecular weight is 316 g/mol. The molecule has 3 rings (SSSR count). The second kappa shape index (κ2) is 6.42. The number of hydrogen-bond donors (Lipinski definition) is 2. The zero-order valence-electron chi connectivity index (χ0n) is 13.0. The summed E-state index contributed by atoms with van der Waals surface area (Å²) in [4.78, 5) is 23.9. The normalized spacial score (nSPS) is 20.6. The molecule has 6 heteroatoms. The molecule has 0 bridgehead atoms. The van der Waals surface area contributed by atoms with Gasteiger partial charge in [-0.2, -0.15) is 0 Å². The Morgan fingerprint density at radius 3 is 2.91 bits per heavy atom. The Morgan fingerprint density at radius 2 is 2.17 bits per heavy atom. The van der Waals surface area contributed by atoms with Crippen LogP contribution < -0.4 is 11.1 Å². The van der Waals surface area contributed by atoms with Gasteiger partial charge in [-0.15, -0.1) is 0 Å². The molecular weight excluding hydrogens is 296 g/mol. The summed E-state index contributed by atoms with van der Waals surface area (Å²) in [6, 6.07) is 6.88. The van der Waals surface area contributed by atoms with Crippen LogP contribution in [0.5, 0.6) is 0 Å². The number of fused-ring (bicyclic) bond motifs is 1. The number of ether oxygens (including phenoxy) is 1. The zero-order valence-corrected chi connectivity index (χ0v) is 13.0. The number of carbonyl (C=O) groups excluding carboxylic acids is 2. The van der Waals surface area contributed by atoms with Crippen molar-refractivity contribution >= 4 is 28.5 Å². The van der Waals surface area contributed by atoms with Gasteiger partial charge in [-0.1, -0.05) is 6.42 Å². The van der Waals surface area contributed by atoms with Crippen LogP contribution in [0.3, 0.4) is 0 Å². The Labute approximate surface area is 134 Å². The number of anilines is 1. The Bertz CT molecular complexity index is 737. The van der Waals surface area contributed by atoms with Gasteiger partial charge in [0.15, 0.2) is 0 Å². The van der Waals surface area contributed by atoms with E-state index in [1.54, 1.807) is 24.3 Å². The van der Waals surface area contributed by atoms with Crippen molar-refractivity contribution in [2.24, 2.45) is 17.6 Å². The molecule has 1 aliphatic rings. The third kappa shape index (κ3) is 3.07. The summed E-state index contributed by atoms with van der Waals surface area (Å²) in [6.07, 6.45) is 2.94. The van der Waals surface area contributed by atoms with E-state index in [1.807, 2.05) is 0 Å². The highest BCUT2D eigenvalue weighted by molar-refractivity contribution is 5.97. The molecule has 2 aromatic rings. The van der Waals surface area contributed by atoms with Crippen molar-refractivity contribution in [3.8, 4) is 0 Å². The third-order valence-electron chi connectivity index (χ3n) is 4.47. The molecule has 3 N–H and O–H groups in total. The Morgan fingerprint density at radius 1 is 1.35 bits per heavy atom. The highest BCUT2D eigenvalue weighted by Crippen LogP contribution is 2.32. The molecule has 1 heterocycles. The maximum Gasteiger partial charge on any atom is 0.373 e. The number of methoxy groups -OCH3 is 1. The summed E-state index contributed by atoms with van der Waals surface area (Å²) in [5, 5.41) is 3.68. The molecule has 0 aliphatic heterocycles. The lowest BCUT2D eigenvalue weighted by atomic mass is 9.95. The first kappa shape index (κ1) is 15.6. The van der Waals surface area contributed by atoms with Crippen LogP contribution in [0.4, 0.5) is 5.69 Å². The topological polar surface area (TPSA) is 94.6 Å². The van der Waals surface area contributed by atoms with Gasteiger partial charge in [-0.05, 0) is 49.6 Å². The predicted octanol–water partition coefficient (Wildman–Crippen LogP) is 2.53. The molecule has 1 aromatic carbocycles. The molecule has 0 radical (unpaired) electrons. The van der Waals surface area contributed by atoms with Gasteiger partial charge in [-0.3, -0.25) is 4.79 Å². The van der Waals surface area contributed by atoms with Gasteiger partial charge in [0.05, 0.1) is 7.11 Å². The van der Waals surface area contributed by atoms with Crippen molar-refractivity contribution in [2.45, 2.75) is 19.3 Å². The van der Waals surface area contributed by atoms with E-state index in [2.05, 4.69) is 10.1 Å². The molecule has 0 saturated heterocycles. The summed E-state index contributed by atoms with van der Waals surface area (Å²) < 4.78 is 10.0. The minimum absolute atomic E-state index is 0.00832. The molecular formula is C17H20N2O4. The number of amides is 1. The number of hydrogen-bond acceptors (Lipinski definition) is 5. The first-order chi connectivity index (χ1) is 11.1. The van der Waals surface area contributed by atoms with Crippen LogP contribution >= 0.6 is 0 Å². The number of furan rings is 1. The summed E-state index contributed by atoms with van der Waals surface area (Å²) in [5.74, 6) is -0.133. The lowest BCUT2D eigenvalue weighted by Crippen LogP contribution is -2.29. The molecule has 1 aliphatic carbocycles. The summed E-state index contributed by atoms with van der Waals surface area (Å²) >= 11 is 0. The Kier molecular flexibility index (Phi) is 4.34. The number of carbonyl (C=O) groups is 2. The number of nitrogens with one attached hydrogen (secondary N) is 1. The predicted molar refractivity (Wildman–Crippen MR) is 86.1 cm³/mol. The van der Waals surface area contributed by atoms with Gasteiger partial charge in [0, 0.05) is 17.0 Å². The molecule has 23 heavy (non-hydrogen) atoms. The molecule has 0 spiro atoms. The van der Waals surface area contributed by atoms with Gasteiger partial charge < -0.3 is 20.2 Å². The summed E-state index contributed by atoms with van der Waals surface area (Å²) in [6.45, 7) is 0.543. The quantitative estimate of drug-likeness (QED) is 0.845. The van der Waals surface area contributed by atoms with E-state index in [0.29, 0.717) is 17.8 Å². The standard InChI is InChI=1S/C17H20N2O4/c1-22-17(21)15-8-11-7-12(5-6-14(11)23-15)19-16(20)13-4-2-3-10(13)9-18/h5-8,10,13H,2-4,9,18H2,1H3,(H,19,20)/t10-,13-/m1/s1. The van der Waals surface area contributed by atoms with E-state index in [1.165, 1.54) is 7.11 Å². The van der Waals surface area contributed by atoms with Crippen LogP contribution in [0.15, 0.2) is 28.7 Å². The first-order valence-electron chi connectivity index (χ1n) is 7.75. The van der Waals surface area contributed by atoms with E-state index in [9.17, 15) is 9.59 Å². The van der Waals surface area contributed by atoms with E-state index < -0.39 is 5.97 Å². The van der Waals surface area contributed by atoms with Gasteiger partial charge in [0.2, 0.25) is 11.7 Å². The van der Waals surface area contributed by atoms with Gasteiger partial charge in [0.1, 0.15) is 5.58 Å². The first-order valence-corrected chi connectivity index (χ1v) is 7.75. The van der Waals surface area contributed by atoms with Crippen molar-refractivity contribution in [1.82, 2.24) is 0 Å². The van der Waals surface area contributed by atoms with Gasteiger partial charge in [-0.25, -0.2) is 4.79 Å². The zero-order chi connectivity index (χ0) is 16.4. The number of esters is 1. The fraction of sp³-hybridized carbons (Fsp3) is 0.412. The van der Waals surface area contributed by atoms with Crippen LogP contribution in [0.2, 0.25) is 0 Å². The van der Waals surface area contributed by atoms with Crippen molar-refractivity contribution in [1.29, 1.82) is 0 Å². The lowest BCUT2D eigenvalue weighted by molar-refractivity contribution is -0.120. The maximum absolute atomic E-state index is 12.4. The van der Waals surface area contributed by atoms with Gasteiger partial charge in [0.25, 0.3) is 0 Å². The van der Waals surface area contributed by atoms with Crippen LogP contribution in [-0.2, 0) is 9.53 Å². The second-order valence-corrected chi connectivity index (χ2v) is 5.88. The molecule has 1 saturated carbocycles. The van der Waals surface area contributed by atoms with Crippen LogP contribution in [-0.4, -0.2) is 25.5 Å². The summed E-state index contributed by atoms with van der Waals surface area (Å²) in [5.41, 5.74) is 6.99. The lowest BCUT2D eigenvalue weighted by Gasteiger charge is -2.17. The molecule has 122 valence electrons. The minimum atomic E-state index is -0.525. The maximum atomic E-state index is 12.4. The molecule has 1 aromatic heterocycles. The second-order valence-electron chi connectivity index (χ2n) is 5.88. The van der Waals surface area contributed by atoms with Crippen molar-refractivity contribution in [2.75, 3.05) is 19.0 Å². The molecule has 1 fully saturated rings. The summed E-state index contributed by atoms with van der Waals surface area (Å²) in [7, 11) is 1.30. The Balaban J connectivity index is 1.78. The number of rotatable bonds is 4. The largest absolute Gasteiger partial charge is 0.463 e. The highest BCUT2D eigenvalue weighted by Gasteiger charge is 2.31. The van der Waals surface area contributed by atoms with Crippen LogP contribution in [0.25, 0.3) is 11.0 Å². The number of benzene rings is 1.